The van der Waals surface area contributed by atoms with Crippen molar-refractivity contribution in [1.82, 2.24) is 14.1 Å². The van der Waals surface area contributed by atoms with E-state index in [1.165, 1.54) is 24.5 Å². The number of sulfonamides is 1. The number of fused-ring (bicyclic) bond motifs is 1. The third kappa shape index (κ3) is 5.29. The first kappa shape index (κ1) is 24.3. The van der Waals surface area contributed by atoms with E-state index in [9.17, 15) is 13.2 Å². The number of carbonyl (C=O) groups excluding carboxylic acids is 1. The van der Waals surface area contributed by atoms with Crippen molar-refractivity contribution in [3.8, 4) is 17.2 Å². The maximum absolute atomic E-state index is 12.9. The first-order valence-corrected chi connectivity index (χ1v) is 12.7. The van der Waals surface area contributed by atoms with Crippen LogP contribution in [0.4, 0.5) is 0 Å². The molecule has 4 rings (SSSR count). The van der Waals surface area contributed by atoms with Gasteiger partial charge >= 0.3 is 0 Å². The van der Waals surface area contributed by atoms with Crippen molar-refractivity contribution >= 4 is 15.9 Å². The largest absolute Gasteiger partial charge is 0.496 e. The van der Waals surface area contributed by atoms with Gasteiger partial charge in [0.05, 0.1) is 12.0 Å². The van der Waals surface area contributed by atoms with Crippen LogP contribution in [0, 0.1) is 0 Å². The normalized spacial score (nSPS) is 16.2. The standard InChI is InChI=1S/C24H31N3O6S/c1-25(2)34(29,30)20-6-8-21(31-3)19(15-20)5-9-24(28)27-12-10-26(11-13-27)16-18-4-7-22-23(14-18)33-17-32-22/h4,6-8,14-15H,5,9-13,16-17H2,1-3H3. The molecular weight excluding hydrogens is 458 g/mol. The van der Waals surface area contributed by atoms with E-state index in [1.807, 2.05) is 23.1 Å². The van der Waals surface area contributed by atoms with E-state index in [1.54, 1.807) is 19.2 Å². The number of rotatable bonds is 8. The van der Waals surface area contributed by atoms with E-state index < -0.39 is 10.0 Å². The molecule has 0 bridgehead atoms. The molecule has 2 heterocycles. The fraction of sp³-hybridized carbons (Fsp3) is 0.458. The molecule has 2 aliphatic rings. The average molecular weight is 490 g/mol. The predicted octanol–water partition coefficient (Wildman–Crippen LogP) is 1.95. The van der Waals surface area contributed by atoms with Gasteiger partial charge in [0.25, 0.3) is 0 Å². The molecule has 0 saturated carbocycles. The maximum Gasteiger partial charge on any atom is 0.242 e. The molecule has 10 heteroatoms. The molecule has 0 unspecified atom stereocenters. The molecule has 0 N–H and O–H groups in total. The molecule has 2 aromatic carbocycles. The Hall–Kier alpha value is -2.82. The summed E-state index contributed by atoms with van der Waals surface area (Å²) in [7, 11) is 0.975. The highest BCUT2D eigenvalue weighted by atomic mass is 32.2. The Morgan fingerprint density at radius 3 is 2.47 bits per heavy atom. The van der Waals surface area contributed by atoms with Gasteiger partial charge in [-0.3, -0.25) is 9.69 Å². The molecule has 1 fully saturated rings. The van der Waals surface area contributed by atoms with Gasteiger partial charge in [-0.2, -0.15) is 0 Å². The lowest BCUT2D eigenvalue weighted by Crippen LogP contribution is -2.48. The van der Waals surface area contributed by atoms with Crippen molar-refractivity contribution in [2.75, 3.05) is 54.2 Å². The van der Waals surface area contributed by atoms with Crippen molar-refractivity contribution in [1.29, 1.82) is 0 Å². The second-order valence-electron chi connectivity index (χ2n) is 8.61. The first-order chi connectivity index (χ1) is 16.3. The van der Waals surface area contributed by atoms with Gasteiger partial charge in [0.15, 0.2) is 11.5 Å². The van der Waals surface area contributed by atoms with Gasteiger partial charge in [-0.15, -0.1) is 0 Å². The van der Waals surface area contributed by atoms with Crippen LogP contribution in [0.1, 0.15) is 17.5 Å². The summed E-state index contributed by atoms with van der Waals surface area (Å²) in [4.78, 5) is 17.3. The van der Waals surface area contributed by atoms with Gasteiger partial charge in [0, 0.05) is 53.2 Å². The highest BCUT2D eigenvalue weighted by molar-refractivity contribution is 7.89. The van der Waals surface area contributed by atoms with Crippen molar-refractivity contribution in [2.45, 2.75) is 24.3 Å². The summed E-state index contributed by atoms with van der Waals surface area (Å²) in [5, 5.41) is 0. The van der Waals surface area contributed by atoms with Gasteiger partial charge in [0.1, 0.15) is 5.75 Å². The third-order valence-electron chi connectivity index (χ3n) is 6.21. The number of aryl methyl sites for hydroxylation is 1. The molecule has 184 valence electrons. The van der Waals surface area contributed by atoms with E-state index in [-0.39, 0.29) is 17.6 Å². The predicted molar refractivity (Wildman–Crippen MR) is 127 cm³/mol. The number of benzene rings is 2. The molecule has 2 aliphatic heterocycles. The zero-order valence-electron chi connectivity index (χ0n) is 19.8. The molecule has 9 nitrogen and oxygen atoms in total. The smallest absolute Gasteiger partial charge is 0.242 e. The third-order valence-corrected chi connectivity index (χ3v) is 8.02. The Kier molecular flexibility index (Phi) is 7.30. The second kappa shape index (κ2) is 10.2. The van der Waals surface area contributed by atoms with Gasteiger partial charge in [0.2, 0.25) is 22.7 Å². The van der Waals surface area contributed by atoms with Crippen molar-refractivity contribution < 1.29 is 27.4 Å². The molecule has 0 aliphatic carbocycles. The Balaban J connectivity index is 1.31. The molecular formula is C24H31N3O6S. The number of hydrogen-bond acceptors (Lipinski definition) is 7. The second-order valence-corrected chi connectivity index (χ2v) is 10.8. The lowest BCUT2D eigenvalue weighted by Gasteiger charge is -2.35. The van der Waals surface area contributed by atoms with Crippen LogP contribution in [0.15, 0.2) is 41.3 Å². The highest BCUT2D eigenvalue weighted by Crippen LogP contribution is 2.33. The van der Waals surface area contributed by atoms with Gasteiger partial charge in [-0.1, -0.05) is 6.07 Å². The number of piperazine rings is 1. The summed E-state index contributed by atoms with van der Waals surface area (Å²) in [6, 6.07) is 10.8. The molecule has 1 saturated heterocycles. The number of hydrogen-bond donors (Lipinski definition) is 0. The van der Waals surface area contributed by atoms with E-state index in [0.29, 0.717) is 37.2 Å². The monoisotopic (exact) mass is 489 g/mol. The molecule has 2 aromatic rings. The summed E-state index contributed by atoms with van der Waals surface area (Å²) in [6.07, 6.45) is 0.709. The number of ether oxygens (including phenoxy) is 3. The Morgan fingerprint density at radius 2 is 1.76 bits per heavy atom. The van der Waals surface area contributed by atoms with Crippen molar-refractivity contribution in [3.05, 3.63) is 47.5 Å². The fourth-order valence-electron chi connectivity index (χ4n) is 4.17. The minimum absolute atomic E-state index is 0.0608. The van der Waals surface area contributed by atoms with E-state index in [0.717, 1.165) is 36.7 Å². The van der Waals surface area contributed by atoms with Crippen LogP contribution in [0.25, 0.3) is 0 Å². The van der Waals surface area contributed by atoms with E-state index in [2.05, 4.69) is 4.90 Å². The highest BCUT2D eigenvalue weighted by Gasteiger charge is 2.23. The maximum atomic E-state index is 12.9. The van der Waals surface area contributed by atoms with Crippen LogP contribution in [0.5, 0.6) is 17.2 Å². The summed E-state index contributed by atoms with van der Waals surface area (Å²) in [5.74, 6) is 2.20. The fourth-order valence-corrected chi connectivity index (χ4v) is 5.13. The number of nitrogens with zero attached hydrogens (tertiary/aromatic N) is 3. The zero-order valence-corrected chi connectivity index (χ0v) is 20.6. The summed E-state index contributed by atoms with van der Waals surface area (Å²) >= 11 is 0. The molecule has 0 aromatic heterocycles. The molecule has 0 spiro atoms. The molecule has 34 heavy (non-hydrogen) atoms. The van der Waals surface area contributed by atoms with Crippen LogP contribution >= 0.6 is 0 Å². The quantitative estimate of drug-likeness (QED) is 0.560. The minimum Gasteiger partial charge on any atom is -0.496 e. The van der Waals surface area contributed by atoms with E-state index in [4.69, 9.17) is 14.2 Å². The van der Waals surface area contributed by atoms with Gasteiger partial charge in [-0.25, -0.2) is 12.7 Å². The Labute approximate surface area is 200 Å². The van der Waals surface area contributed by atoms with Gasteiger partial charge < -0.3 is 19.1 Å². The van der Waals surface area contributed by atoms with Crippen LogP contribution in [-0.2, 0) is 27.8 Å². The summed E-state index contributed by atoms with van der Waals surface area (Å²) in [5.41, 5.74) is 1.86. The Bertz CT molecular complexity index is 1140. The van der Waals surface area contributed by atoms with Crippen molar-refractivity contribution in [2.24, 2.45) is 0 Å². The van der Waals surface area contributed by atoms with Crippen LogP contribution in [0.2, 0.25) is 0 Å². The number of amides is 1. The van der Waals surface area contributed by atoms with E-state index >= 15 is 0 Å². The minimum atomic E-state index is -3.56. The molecule has 0 radical (unpaired) electrons. The summed E-state index contributed by atoms with van der Waals surface area (Å²) < 4.78 is 42.3. The zero-order chi connectivity index (χ0) is 24.3. The van der Waals surface area contributed by atoms with Crippen LogP contribution < -0.4 is 14.2 Å². The van der Waals surface area contributed by atoms with Crippen LogP contribution in [0.3, 0.4) is 0 Å². The first-order valence-electron chi connectivity index (χ1n) is 11.3. The lowest BCUT2D eigenvalue weighted by atomic mass is 10.1. The number of methoxy groups -OCH3 is 1. The van der Waals surface area contributed by atoms with Crippen molar-refractivity contribution in [3.63, 3.8) is 0 Å². The van der Waals surface area contributed by atoms with Gasteiger partial charge in [-0.05, 0) is 47.9 Å². The van der Waals surface area contributed by atoms with Crippen LogP contribution in [-0.4, -0.2) is 82.6 Å². The Morgan fingerprint density at radius 1 is 1.03 bits per heavy atom. The average Bonchev–Trinajstić information content (AvgIpc) is 3.30. The number of carbonyl (C=O) groups is 1. The molecule has 0 atom stereocenters. The lowest BCUT2D eigenvalue weighted by molar-refractivity contribution is -0.133. The molecule has 1 amide bonds. The SMILES string of the molecule is COc1ccc(S(=O)(=O)N(C)C)cc1CCC(=O)N1CCN(Cc2ccc3c(c2)OCO3)CC1. The topological polar surface area (TPSA) is 88.6 Å². The summed E-state index contributed by atoms with van der Waals surface area (Å²) in [6.45, 7) is 3.97.